The van der Waals surface area contributed by atoms with Gasteiger partial charge in [-0.25, -0.2) is 0 Å². The maximum Gasteiger partial charge on any atom is 0.124 e. The highest BCUT2D eigenvalue weighted by Gasteiger charge is 2.35. The van der Waals surface area contributed by atoms with Gasteiger partial charge in [0.1, 0.15) is 5.75 Å². The van der Waals surface area contributed by atoms with Crippen LogP contribution in [-0.2, 0) is 4.74 Å². The molecule has 3 rings (SSSR count). The van der Waals surface area contributed by atoms with Crippen molar-refractivity contribution in [2.75, 3.05) is 26.3 Å². The van der Waals surface area contributed by atoms with Crippen LogP contribution in [0.3, 0.4) is 0 Å². The van der Waals surface area contributed by atoms with Crippen molar-refractivity contribution < 1.29 is 9.47 Å². The van der Waals surface area contributed by atoms with Crippen LogP contribution in [0.25, 0.3) is 0 Å². The maximum absolute atomic E-state index is 6.49. The smallest absolute Gasteiger partial charge is 0.124 e. The van der Waals surface area contributed by atoms with Crippen LogP contribution in [-0.4, -0.2) is 43.3 Å². The van der Waals surface area contributed by atoms with Gasteiger partial charge in [-0.15, -0.1) is 0 Å². The van der Waals surface area contributed by atoms with Gasteiger partial charge in [-0.1, -0.05) is 25.1 Å². The predicted octanol–water partition coefficient (Wildman–Crippen LogP) is 2.34. The number of rotatable bonds is 5. The van der Waals surface area contributed by atoms with Crippen molar-refractivity contribution in [3.63, 3.8) is 0 Å². The van der Waals surface area contributed by atoms with E-state index in [4.69, 9.17) is 15.2 Å². The van der Waals surface area contributed by atoms with Gasteiger partial charge in [-0.05, 0) is 31.9 Å². The van der Waals surface area contributed by atoms with Crippen LogP contribution in [0.4, 0.5) is 0 Å². The first kappa shape index (κ1) is 14.8. The molecule has 116 valence electrons. The van der Waals surface area contributed by atoms with Crippen molar-refractivity contribution in [3.8, 4) is 5.75 Å². The number of benzene rings is 1. The SMILES string of the molecule is CCCOc1ccccc1C(N)C1CN2CCCC2CO1. The van der Waals surface area contributed by atoms with Crippen LogP contribution < -0.4 is 10.5 Å². The number of morpholine rings is 1. The lowest BCUT2D eigenvalue weighted by atomic mass is 9.99. The van der Waals surface area contributed by atoms with Crippen LogP contribution >= 0.6 is 0 Å². The van der Waals surface area contributed by atoms with Gasteiger partial charge in [0, 0.05) is 18.2 Å². The second-order valence-corrected chi connectivity index (χ2v) is 6.07. The molecule has 4 heteroatoms. The van der Waals surface area contributed by atoms with Gasteiger partial charge >= 0.3 is 0 Å². The molecule has 0 amide bonds. The molecule has 2 aliphatic heterocycles. The summed E-state index contributed by atoms with van der Waals surface area (Å²) in [6.07, 6.45) is 3.61. The fourth-order valence-corrected chi connectivity index (χ4v) is 3.36. The summed E-state index contributed by atoms with van der Waals surface area (Å²) < 4.78 is 11.9. The summed E-state index contributed by atoms with van der Waals surface area (Å²) in [4.78, 5) is 2.53. The molecule has 4 nitrogen and oxygen atoms in total. The van der Waals surface area contributed by atoms with E-state index in [-0.39, 0.29) is 12.1 Å². The van der Waals surface area contributed by atoms with E-state index >= 15 is 0 Å². The third-order valence-electron chi connectivity index (χ3n) is 4.56. The second kappa shape index (κ2) is 6.77. The number of nitrogens with zero attached hydrogens (tertiary/aromatic N) is 1. The molecule has 3 atom stereocenters. The Bertz CT molecular complexity index is 466. The highest BCUT2D eigenvalue weighted by atomic mass is 16.5. The fraction of sp³-hybridized carbons (Fsp3) is 0.647. The molecule has 0 spiro atoms. The zero-order chi connectivity index (χ0) is 14.7. The quantitative estimate of drug-likeness (QED) is 0.904. The maximum atomic E-state index is 6.49. The molecule has 2 saturated heterocycles. The molecule has 1 aromatic carbocycles. The van der Waals surface area contributed by atoms with Crippen LogP contribution in [0.5, 0.6) is 5.75 Å². The van der Waals surface area contributed by atoms with Gasteiger partial charge < -0.3 is 15.2 Å². The van der Waals surface area contributed by atoms with Crippen LogP contribution in [0.1, 0.15) is 37.8 Å². The molecule has 21 heavy (non-hydrogen) atoms. The third kappa shape index (κ3) is 3.23. The zero-order valence-corrected chi connectivity index (χ0v) is 12.8. The minimum Gasteiger partial charge on any atom is -0.493 e. The van der Waals surface area contributed by atoms with Crippen molar-refractivity contribution in [2.24, 2.45) is 5.73 Å². The summed E-state index contributed by atoms with van der Waals surface area (Å²) in [6.45, 7) is 5.78. The summed E-state index contributed by atoms with van der Waals surface area (Å²) in [5.74, 6) is 0.902. The van der Waals surface area contributed by atoms with Crippen LogP contribution in [0.2, 0.25) is 0 Å². The van der Waals surface area contributed by atoms with E-state index in [0.717, 1.165) is 37.5 Å². The highest BCUT2D eigenvalue weighted by molar-refractivity contribution is 5.36. The molecule has 2 fully saturated rings. The molecule has 1 aromatic rings. The molecule has 0 aliphatic carbocycles. The Labute approximate surface area is 127 Å². The largest absolute Gasteiger partial charge is 0.493 e. The van der Waals surface area contributed by atoms with E-state index in [0.29, 0.717) is 6.04 Å². The molecule has 0 radical (unpaired) electrons. The molecule has 2 heterocycles. The van der Waals surface area contributed by atoms with Crippen LogP contribution in [0.15, 0.2) is 24.3 Å². The van der Waals surface area contributed by atoms with Gasteiger partial charge in [0.15, 0.2) is 0 Å². The summed E-state index contributed by atoms with van der Waals surface area (Å²) in [5, 5.41) is 0. The van der Waals surface area contributed by atoms with Gasteiger partial charge in [-0.2, -0.15) is 0 Å². The molecular weight excluding hydrogens is 264 g/mol. The molecule has 0 saturated carbocycles. The number of hydrogen-bond acceptors (Lipinski definition) is 4. The Balaban J connectivity index is 1.71. The van der Waals surface area contributed by atoms with Crippen molar-refractivity contribution >= 4 is 0 Å². The average Bonchev–Trinajstić information content (AvgIpc) is 3.00. The van der Waals surface area contributed by atoms with E-state index in [1.807, 2.05) is 18.2 Å². The monoisotopic (exact) mass is 290 g/mol. The van der Waals surface area contributed by atoms with Crippen molar-refractivity contribution in [1.82, 2.24) is 4.90 Å². The van der Waals surface area contributed by atoms with Gasteiger partial charge in [0.05, 0.1) is 25.4 Å². The summed E-state index contributed by atoms with van der Waals surface area (Å²) in [5.41, 5.74) is 7.56. The van der Waals surface area contributed by atoms with Crippen molar-refractivity contribution in [1.29, 1.82) is 0 Å². The average molecular weight is 290 g/mol. The molecule has 0 aromatic heterocycles. The summed E-state index contributed by atoms with van der Waals surface area (Å²) in [6, 6.07) is 8.58. The minimum absolute atomic E-state index is 0.0609. The molecule has 2 N–H and O–H groups in total. The molecule has 3 unspecified atom stereocenters. The molecule has 0 bridgehead atoms. The third-order valence-corrected chi connectivity index (χ3v) is 4.56. The van der Waals surface area contributed by atoms with Crippen LogP contribution in [0, 0.1) is 0 Å². The van der Waals surface area contributed by atoms with E-state index in [1.54, 1.807) is 0 Å². The van der Waals surface area contributed by atoms with Gasteiger partial charge in [-0.3, -0.25) is 4.90 Å². The highest BCUT2D eigenvalue weighted by Crippen LogP contribution is 2.31. The standard InChI is InChI=1S/C17H26N2O2/c1-2-10-20-15-8-4-3-7-14(15)17(18)16-11-19-9-5-6-13(19)12-21-16/h3-4,7-8,13,16-17H,2,5-6,9-12,18H2,1H3. The van der Waals surface area contributed by atoms with E-state index in [2.05, 4.69) is 17.9 Å². The topological polar surface area (TPSA) is 47.7 Å². The van der Waals surface area contributed by atoms with Crippen molar-refractivity contribution in [3.05, 3.63) is 29.8 Å². The van der Waals surface area contributed by atoms with Crippen molar-refractivity contribution in [2.45, 2.75) is 44.4 Å². The molecular formula is C17H26N2O2. The van der Waals surface area contributed by atoms with E-state index in [9.17, 15) is 0 Å². The first-order valence-electron chi connectivity index (χ1n) is 8.12. The first-order chi connectivity index (χ1) is 10.3. The van der Waals surface area contributed by atoms with E-state index < -0.39 is 0 Å². The molecule has 2 aliphatic rings. The Morgan fingerprint density at radius 2 is 2.29 bits per heavy atom. The number of ether oxygens (including phenoxy) is 2. The predicted molar refractivity (Wildman–Crippen MR) is 83.5 cm³/mol. The lowest BCUT2D eigenvalue weighted by Gasteiger charge is -2.38. The lowest BCUT2D eigenvalue weighted by Crippen LogP contribution is -2.49. The number of fused-ring (bicyclic) bond motifs is 1. The Hall–Kier alpha value is -1.10. The Morgan fingerprint density at radius 1 is 1.43 bits per heavy atom. The second-order valence-electron chi connectivity index (χ2n) is 6.07. The zero-order valence-electron chi connectivity index (χ0n) is 12.8. The van der Waals surface area contributed by atoms with Gasteiger partial charge in [0.25, 0.3) is 0 Å². The first-order valence-corrected chi connectivity index (χ1v) is 8.12. The number of para-hydroxylation sites is 1. The number of hydrogen-bond donors (Lipinski definition) is 1. The fourth-order valence-electron chi connectivity index (χ4n) is 3.36. The van der Waals surface area contributed by atoms with E-state index in [1.165, 1.54) is 19.4 Å². The number of nitrogens with two attached hydrogens (primary N) is 1. The minimum atomic E-state index is -0.125. The summed E-state index contributed by atoms with van der Waals surface area (Å²) >= 11 is 0. The Kier molecular flexibility index (Phi) is 4.78. The lowest BCUT2D eigenvalue weighted by molar-refractivity contribution is -0.0599. The Morgan fingerprint density at radius 3 is 3.14 bits per heavy atom. The van der Waals surface area contributed by atoms with Gasteiger partial charge in [0.2, 0.25) is 0 Å². The summed E-state index contributed by atoms with van der Waals surface area (Å²) in [7, 11) is 0. The normalized spacial score (nSPS) is 27.3.